The molecule has 0 rings (SSSR count). The van der Waals surface area contributed by atoms with Gasteiger partial charge in [0.05, 0.1) is 19.1 Å². The second kappa shape index (κ2) is 15.0. The molecule has 0 aromatic heterocycles. The van der Waals surface area contributed by atoms with Gasteiger partial charge in [0.15, 0.2) is 0 Å². The summed E-state index contributed by atoms with van der Waals surface area (Å²) in [5.41, 5.74) is 15.6. The Bertz CT molecular complexity index is 707. The molecule has 0 fully saturated rings. The molecule has 0 saturated heterocycles. The highest BCUT2D eigenvalue weighted by Crippen LogP contribution is 2.05. The predicted octanol–water partition coefficient (Wildman–Crippen LogP) is -4.26. The summed E-state index contributed by atoms with van der Waals surface area (Å²) in [5, 5.41) is 24.9. The number of carboxylic acids is 1. The second-order valence-corrected chi connectivity index (χ2v) is 7.75. The van der Waals surface area contributed by atoms with E-state index in [0.29, 0.717) is 5.75 Å². The molecule has 5 amide bonds. The van der Waals surface area contributed by atoms with E-state index in [9.17, 15) is 28.8 Å². The molecule has 0 aliphatic carbocycles. The van der Waals surface area contributed by atoms with Crippen LogP contribution in [-0.2, 0) is 28.8 Å². The fourth-order valence-electron chi connectivity index (χ4n) is 2.38. The van der Waals surface area contributed by atoms with Crippen molar-refractivity contribution < 1.29 is 39.0 Å². The highest BCUT2D eigenvalue weighted by molar-refractivity contribution is 7.98. The fraction of sp³-hybridized carbons (Fsp3) is 0.647. The largest absolute Gasteiger partial charge is 0.480 e. The number of aliphatic hydroxyl groups excluding tert-OH is 1. The van der Waals surface area contributed by atoms with Crippen molar-refractivity contribution in [3.05, 3.63) is 0 Å². The first-order valence-electron chi connectivity index (χ1n) is 9.48. The van der Waals surface area contributed by atoms with Gasteiger partial charge in [0.25, 0.3) is 0 Å². The number of nitrogens with one attached hydrogen (secondary N) is 3. The number of aliphatic hydroxyl groups is 1. The smallest absolute Gasteiger partial charge is 0.328 e. The molecule has 0 saturated carbocycles. The number of carboxylic acid groups (broad SMARTS) is 1. The molecular weight excluding hydrogens is 448 g/mol. The Kier molecular flexibility index (Phi) is 13.6. The molecule has 0 heterocycles. The molecule has 0 unspecified atom stereocenters. The van der Waals surface area contributed by atoms with Crippen LogP contribution in [0.2, 0.25) is 0 Å². The Morgan fingerprint density at radius 2 is 1.34 bits per heavy atom. The van der Waals surface area contributed by atoms with Crippen molar-refractivity contribution in [2.24, 2.45) is 17.2 Å². The lowest BCUT2D eigenvalue weighted by Gasteiger charge is -2.24. The first kappa shape index (κ1) is 29.1. The van der Waals surface area contributed by atoms with Gasteiger partial charge in [-0.1, -0.05) is 0 Å². The molecule has 0 radical (unpaired) electrons. The maximum absolute atomic E-state index is 12.7. The van der Waals surface area contributed by atoms with E-state index in [-0.39, 0.29) is 19.3 Å². The summed E-state index contributed by atoms with van der Waals surface area (Å²) in [4.78, 5) is 70.5. The van der Waals surface area contributed by atoms with Crippen molar-refractivity contribution in [1.82, 2.24) is 16.0 Å². The van der Waals surface area contributed by atoms with E-state index in [2.05, 4.69) is 16.0 Å². The second-order valence-electron chi connectivity index (χ2n) is 6.77. The number of nitrogens with two attached hydrogens (primary N) is 3. The summed E-state index contributed by atoms with van der Waals surface area (Å²) in [7, 11) is 0. The fourth-order valence-corrected chi connectivity index (χ4v) is 2.85. The average Bonchev–Trinajstić information content (AvgIpc) is 2.70. The van der Waals surface area contributed by atoms with Gasteiger partial charge in [-0.2, -0.15) is 11.8 Å². The van der Waals surface area contributed by atoms with Crippen molar-refractivity contribution in [2.45, 2.75) is 49.9 Å². The molecule has 0 bridgehead atoms. The summed E-state index contributed by atoms with van der Waals surface area (Å²) < 4.78 is 0. The number of primary amides is 2. The third kappa shape index (κ3) is 11.5. The quantitative estimate of drug-likeness (QED) is 0.106. The monoisotopic (exact) mass is 478 g/mol. The Hall–Kier alpha value is -2.91. The van der Waals surface area contributed by atoms with Crippen LogP contribution in [-0.4, -0.2) is 88.5 Å². The number of carbonyl (C=O) groups excluding carboxylic acids is 5. The highest BCUT2D eigenvalue weighted by atomic mass is 32.2. The molecular formula is C17H30N6O8S. The molecule has 0 aliphatic rings. The Morgan fingerprint density at radius 1 is 0.844 bits per heavy atom. The van der Waals surface area contributed by atoms with Crippen molar-refractivity contribution >= 4 is 47.3 Å². The van der Waals surface area contributed by atoms with E-state index in [1.54, 1.807) is 6.26 Å². The van der Waals surface area contributed by atoms with Crippen molar-refractivity contribution in [3.8, 4) is 0 Å². The molecule has 11 N–H and O–H groups in total. The molecule has 32 heavy (non-hydrogen) atoms. The van der Waals surface area contributed by atoms with E-state index in [1.165, 1.54) is 11.8 Å². The van der Waals surface area contributed by atoms with E-state index in [1.807, 2.05) is 0 Å². The number of rotatable bonds is 16. The lowest BCUT2D eigenvalue weighted by molar-refractivity contribution is -0.143. The van der Waals surface area contributed by atoms with Crippen LogP contribution in [0.1, 0.15) is 25.7 Å². The maximum atomic E-state index is 12.7. The van der Waals surface area contributed by atoms with E-state index < -0.39 is 72.7 Å². The van der Waals surface area contributed by atoms with Crippen LogP contribution in [0.5, 0.6) is 0 Å². The van der Waals surface area contributed by atoms with E-state index in [0.717, 1.165) is 0 Å². The maximum Gasteiger partial charge on any atom is 0.328 e. The average molecular weight is 479 g/mol. The van der Waals surface area contributed by atoms with Crippen molar-refractivity contribution in [3.63, 3.8) is 0 Å². The van der Waals surface area contributed by atoms with Crippen LogP contribution in [0.3, 0.4) is 0 Å². The Labute approximate surface area is 188 Å². The molecule has 14 nitrogen and oxygen atoms in total. The SMILES string of the molecule is CSCC[C@H](NC(=O)[C@H](CCC(N)=O)NC(=O)[C@@H](N)CC(N)=O)C(=O)N[C@@H](CO)C(=O)O. The number of carbonyl (C=O) groups is 6. The molecule has 0 aliphatic heterocycles. The van der Waals surface area contributed by atoms with Gasteiger partial charge >= 0.3 is 5.97 Å². The van der Waals surface area contributed by atoms with E-state index >= 15 is 0 Å². The molecule has 15 heteroatoms. The number of aliphatic carboxylic acids is 1. The minimum absolute atomic E-state index is 0.105. The lowest BCUT2D eigenvalue weighted by Crippen LogP contribution is -2.57. The Morgan fingerprint density at radius 3 is 1.78 bits per heavy atom. The van der Waals surface area contributed by atoms with Crippen molar-refractivity contribution in [1.29, 1.82) is 0 Å². The molecule has 0 spiro atoms. The summed E-state index contributed by atoms with van der Waals surface area (Å²) in [6.07, 6.45) is 0.874. The summed E-state index contributed by atoms with van der Waals surface area (Å²) in [6.45, 7) is -0.862. The number of hydrogen-bond donors (Lipinski definition) is 8. The minimum Gasteiger partial charge on any atom is -0.480 e. The van der Waals surface area contributed by atoms with Gasteiger partial charge in [-0.25, -0.2) is 4.79 Å². The Balaban J connectivity index is 5.44. The number of hydrogen-bond acceptors (Lipinski definition) is 9. The third-order valence-corrected chi connectivity index (χ3v) is 4.75. The van der Waals surface area contributed by atoms with Gasteiger partial charge in [-0.15, -0.1) is 0 Å². The summed E-state index contributed by atoms with van der Waals surface area (Å²) >= 11 is 1.36. The van der Waals surface area contributed by atoms with Gasteiger partial charge in [0.2, 0.25) is 29.5 Å². The molecule has 182 valence electrons. The standard InChI is InChI=1S/C17H30N6O8S/c1-32-5-4-10(16(29)23-11(7-24)17(30)31)22-15(28)9(2-3-12(19)25)21-14(27)8(18)6-13(20)26/h8-11,24H,2-7,18H2,1H3,(H2,19,25)(H2,20,26)(H,21,27)(H,22,28)(H,23,29)(H,30,31)/t8-,9-,10-,11-/m0/s1. The number of thioether (sulfide) groups is 1. The summed E-state index contributed by atoms with van der Waals surface area (Å²) in [5.74, 6) is -5.24. The highest BCUT2D eigenvalue weighted by Gasteiger charge is 2.30. The van der Waals surface area contributed by atoms with Gasteiger partial charge in [-0.05, 0) is 24.9 Å². The van der Waals surface area contributed by atoms with Gasteiger partial charge in [0.1, 0.15) is 18.1 Å². The van der Waals surface area contributed by atoms with E-state index in [4.69, 9.17) is 27.4 Å². The van der Waals surface area contributed by atoms with Crippen LogP contribution in [0, 0.1) is 0 Å². The van der Waals surface area contributed by atoms with Crippen LogP contribution in [0.15, 0.2) is 0 Å². The zero-order chi connectivity index (χ0) is 24.8. The van der Waals surface area contributed by atoms with Gasteiger partial charge < -0.3 is 43.4 Å². The predicted molar refractivity (Wildman–Crippen MR) is 114 cm³/mol. The molecule has 0 aromatic carbocycles. The van der Waals surface area contributed by atoms with Crippen LogP contribution >= 0.6 is 11.8 Å². The third-order valence-electron chi connectivity index (χ3n) is 4.11. The normalized spacial score (nSPS) is 14.3. The lowest BCUT2D eigenvalue weighted by atomic mass is 10.1. The first-order valence-corrected chi connectivity index (χ1v) is 10.9. The minimum atomic E-state index is -1.58. The topological polar surface area (TPSA) is 257 Å². The zero-order valence-corrected chi connectivity index (χ0v) is 18.4. The number of amides is 5. The molecule has 0 aromatic rings. The zero-order valence-electron chi connectivity index (χ0n) is 17.5. The van der Waals surface area contributed by atoms with Crippen LogP contribution in [0.4, 0.5) is 0 Å². The van der Waals surface area contributed by atoms with Crippen molar-refractivity contribution in [2.75, 3.05) is 18.6 Å². The molecule has 4 atom stereocenters. The van der Waals surface area contributed by atoms with Crippen LogP contribution < -0.4 is 33.2 Å². The van der Waals surface area contributed by atoms with Crippen LogP contribution in [0.25, 0.3) is 0 Å². The van der Waals surface area contributed by atoms with Gasteiger partial charge in [-0.3, -0.25) is 24.0 Å². The first-order chi connectivity index (χ1) is 14.9. The summed E-state index contributed by atoms with van der Waals surface area (Å²) in [6, 6.07) is -5.44. The van der Waals surface area contributed by atoms with Gasteiger partial charge in [0, 0.05) is 6.42 Å².